The second-order valence-electron chi connectivity index (χ2n) is 6.07. The summed E-state index contributed by atoms with van der Waals surface area (Å²) in [6, 6.07) is 0. The van der Waals surface area contributed by atoms with Gasteiger partial charge in [-0.25, -0.2) is 4.98 Å². The van der Waals surface area contributed by atoms with Crippen molar-refractivity contribution in [1.29, 1.82) is 0 Å². The normalized spacial score (nSPS) is 17.6. The van der Waals surface area contributed by atoms with E-state index in [1.165, 1.54) is 61.3 Å². The third-order valence-electron chi connectivity index (χ3n) is 4.24. The highest BCUT2D eigenvalue weighted by molar-refractivity contribution is 7.11. The van der Waals surface area contributed by atoms with Gasteiger partial charge in [0.15, 0.2) is 0 Å². The summed E-state index contributed by atoms with van der Waals surface area (Å²) in [4.78, 5) is 6.31. The minimum atomic E-state index is 0.645. The molecule has 21 heavy (non-hydrogen) atoms. The molecular formula is C17H30N2OS. The Morgan fingerprint density at radius 1 is 1.19 bits per heavy atom. The zero-order valence-electron chi connectivity index (χ0n) is 13.6. The van der Waals surface area contributed by atoms with Gasteiger partial charge in [0.25, 0.3) is 0 Å². The molecule has 1 aromatic heterocycles. The van der Waals surface area contributed by atoms with Crippen molar-refractivity contribution in [2.24, 2.45) is 0 Å². The molecule has 1 saturated carbocycles. The average Bonchev–Trinajstić information content (AvgIpc) is 2.82. The number of methoxy groups -OCH3 is 1. The lowest BCUT2D eigenvalue weighted by Gasteiger charge is -2.17. The lowest BCUT2D eigenvalue weighted by molar-refractivity contribution is 0.181. The molecule has 1 aliphatic rings. The van der Waals surface area contributed by atoms with E-state index in [0.717, 1.165) is 18.8 Å². The van der Waals surface area contributed by atoms with Crippen LogP contribution in [-0.2, 0) is 17.9 Å². The van der Waals surface area contributed by atoms with E-state index in [4.69, 9.17) is 9.72 Å². The van der Waals surface area contributed by atoms with E-state index in [0.29, 0.717) is 12.5 Å². The molecule has 120 valence electrons. The van der Waals surface area contributed by atoms with Crippen LogP contribution in [0.4, 0.5) is 0 Å². The molecule has 2 rings (SSSR count). The van der Waals surface area contributed by atoms with Crippen LogP contribution in [0, 0.1) is 0 Å². The maximum absolute atomic E-state index is 5.34. The lowest BCUT2D eigenvalue weighted by Crippen LogP contribution is -2.14. The Balaban J connectivity index is 2.04. The quantitative estimate of drug-likeness (QED) is 0.746. The zero-order chi connectivity index (χ0) is 14.9. The molecule has 0 aliphatic heterocycles. The highest BCUT2D eigenvalue weighted by atomic mass is 32.1. The Morgan fingerprint density at radius 3 is 2.57 bits per heavy atom. The summed E-state index contributed by atoms with van der Waals surface area (Å²) < 4.78 is 5.34. The van der Waals surface area contributed by atoms with Crippen LogP contribution >= 0.6 is 11.3 Å². The van der Waals surface area contributed by atoms with E-state index in [1.807, 2.05) is 11.3 Å². The third kappa shape index (κ3) is 5.35. The van der Waals surface area contributed by atoms with E-state index in [9.17, 15) is 0 Å². The van der Waals surface area contributed by atoms with Crippen LogP contribution in [0.3, 0.4) is 0 Å². The molecule has 0 spiro atoms. The molecule has 1 N–H and O–H groups in total. The molecule has 0 aromatic carbocycles. The largest absolute Gasteiger partial charge is 0.378 e. The van der Waals surface area contributed by atoms with Crippen molar-refractivity contribution >= 4 is 11.3 Å². The van der Waals surface area contributed by atoms with Crippen molar-refractivity contribution < 1.29 is 4.74 Å². The van der Waals surface area contributed by atoms with Crippen LogP contribution in [-0.4, -0.2) is 18.6 Å². The minimum absolute atomic E-state index is 0.645. The van der Waals surface area contributed by atoms with E-state index < -0.39 is 0 Å². The number of nitrogens with one attached hydrogen (secondary N) is 1. The highest BCUT2D eigenvalue weighted by Gasteiger charge is 2.19. The summed E-state index contributed by atoms with van der Waals surface area (Å²) in [7, 11) is 1.76. The fraction of sp³-hybridized carbons (Fsp3) is 0.824. The van der Waals surface area contributed by atoms with Gasteiger partial charge >= 0.3 is 0 Å². The van der Waals surface area contributed by atoms with Gasteiger partial charge in [-0.2, -0.15) is 0 Å². The van der Waals surface area contributed by atoms with Crippen molar-refractivity contribution in [3.63, 3.8) is 0 Å². The SMILES string of the molecule is CCCNCc1sc(C2CCCCCCC2)nc1COC. The summed E-state index contributed by atoms with van der Waals surface area (Å²) in [5, 5.41) is 4.86. The number of ether oxygens (including phenoxy) is 1. The van der Waals surface area contributed by atoms with Crippen molar-refractivity contribution in [3.8, 4) is 0 Å². The number of hydrogen-bond acceptors (Lipinski definition) is 4. The second kappa shape index (κ2) is 9.54. The second-order valence-corrected chi connectivity index (χ2v) is 7.19. The molecule has 3 nitrogen and oxygen atoms in total. The summed E-state index contributed by atoms with van der Waals surface area (Å²) in [5.41, 5.74) is 1.16. The minimum Gasteiger partial charge on any atom is -0.378 e. The molecule has 4 heteroatoms. The van der Waals surface area contributed by atoms with E-state index in [2.05, 4.69) is 12.2 Å². The lowest BCUT2D eigenvalue weighted by atomic mass is 9.92. The van der Waals surface area contributed by atoms with E-state index >= 15 is 0 Å². The standard InChI is InChI=1S/C17H30N2OS/c1-3-11-18-12-16-15(13-20-2)19-17(21-16)14-9-7-5-4-6-8-10-14/h14,18H,3-13H2,1-2H3. The molecule has 0 radical (unpaired) electrons. The van der Waals surface area contributed by atoms with Crippen molar-refractivity contribution in [3.05, 3.63) is 15.6 Å². The average molecular weight is 311 g/mol. The first kappa shape index (κ1) is 16.9. The molecule has 0 unspecified atom stereocenters. The van der Waals surface area contributed by atoms with Gasteiger partial charge < -0.3 is 10.1 Å². The predicted molar refractivity (Wildman–Crippen MR) is 89.9 cm³/mol. The molecule has 0 amide bonds. The summed E-state index contributed by atoms with van der Waals surface area (Å²) >= 11 is 1.92. The van der Waals surface area contributed by atoms with Gasteiger partial charge in [0, 0.05) is 24.4 Å². The van der Waals surface area contributed by atoms with Crippen LogP contribution in [0.15, 0.2) is 0 Å². The zero-order valence-corrected chi connectivity index (χ0v) is 14.4. The maximum Gasteiger partial charge on any atom is 0.0963 e. The van der Waals surface area contributed by atoms with Gasteiger partial charge in [-0.3, -0.25) is 0 Å². The topological polar surface area (TPSA) is 34.2 Å². The van der Waals surface area contributed by atoms with Crippen LogP contribution in [0.25, 0.3) is 0 Å². The van der Waals surface area contributed by atoms with Gasteiger partial charge in [-0.1, -0.05) is 39.0 Å². The van der Waals surface area contributed by atoms with Gasteiger partial charge in [0.2, 0.25) is 0 Å². The van der Waals surface area contributed by atoms with Crippen molar-refractivity contribution in [2.75, 3.05) is 13.7 Å². The first-order valence-electron chi connectivity index (χ1n) is 8.53. The first-order chi connectivity index (χ1) is 10.3. The van der Waals surface area contributed by atoms with Gasteiger partial charge in [0.1, 0.15) is 0 Å². The van der Waals surface area contributed by atoms with Gasteiger partial charge in [-0.05, 0) is 25.8 Å². The van der Waals surface area contributed by atoms with Gasteiger partial charge in [-0.15, -0.1) is 11.3 Å². The maximum atomic E-state index is 5.34. The summed E-state index contributed by atoms with van der Waals surface area (Å²) in [5.74, 6) is 0.686. The van der Waals surface area contributed by atoms with E-state index in [1.54, 1.807) is 7.11 Å². The number of nitrogens with zero attached hydrogens (tertiary/aromatic N) is 1. The summed E-state index contributed by atoms with van der Waals surface area (Å²) in [6.45, 7) is 4.86. The number of rotatable bonds is 7. The third-order valence-corrected chi connectivity index (χ3v) is 5.50. The Hall–Kier alpha value is -0.450. The first-order valence-corrected chi connectivity index (χ1v) is 9.35. The van der Waals surface area contributed by atoms with Crippen LogP contribution < -0.4 is 5.32 Å². The van der Waals surface area contributed by atoms with Crippen LogP contribution in [0.5, 0.6) is 0 Å². The summed E-state index contributed by atoms with van der Waals surface area (Å²) in [6.07, 6.45) is 10.8. The Kier molecular flexibility index (Phi) is 7.69. The Bertz CT molecular complexity index is 397. The molecule has 1 heterocycles. The molecular weight excluding hydrogens is 280 g/mol. The van der Waals surface area contributed by atoms with Crippen molar-refractivity contribution in [2.45, 2.75) is 77.4 Å². The fourth-order valence-corrected chi connectivity index (χ4v) is 4.25. The predicted octanol–water partition coefficient (Wildman–Crippen LogP) is 4.62. The van der Waals surface area contributed by atoms with Crippen LogP contribution in [0.2, 0.25) is 0 Å². The van der Waals surface area contributed by atoms with Crippen molar-refractivity contribution in [1.82, 2.24) is 10.3 Å². The monoisotopic (exact) mass is 310 g/mol. The van der Waals surface area contributed by atoms with Crippen LogP contribution in [0.1, 0.15) is 79.8 Å². The van der Waals surface area contributed by atoms with E-state index in [-0.39, 0.29) is 0 Å². The number of hydrogen-bond donors (Lipinski definition) is 1. The fourth-order valence-electron chi connectivity index (χ4n) is 3.05. The Morgan fingerprint density at radius 2 is 1.90 bits per heavy atom. The molecule has 0 atom stereocenters. The highest BCUT2D eigenvalue weighted by Crippen LogP contribution is 2.34. The Labute approximate surface area is 133 Å². The molecule has 0 bridgehead atoms. The number of thiazole rings is 1. The molecule has 1 aliphatic carbocycles. The number of aromatic nitrogens is 1. The van der Waals surface area contributed by atoms with Gasteiger partial charge in [0.05, 0.1) is 17.3 Å². The molecule has 1 aromatic rings. The molecule has 0 saturated heterocycles. The molecule has 1 fully saturated rings. The smallest absolute Gasteiger partial charge is 0.0963 e.